The quantitative estimate of drug-likeness (QED) is 0.486. The average molecular weight is 473 g/mol. The van der Waals surface area contributed by atoms with Gasteiger partial charge in [-0.25, -0.2) is 0 Å². The number of anilines is 1. The largest absolute Gasteiger partial charge is 0.494 e. The molecular weight excluding hydrogens is 444 g/mol. The van der Waals surface area contributed by atoms with Gasteiger partial charge in [-0.05, 0) is 49.2 Å². The van der Waals surface area contributed by atoms with Crippen LogP contribution in [0.2, 0.25) is 0 Å². The molecule has 0 unspecified atom stereocenters. The van der Waals surface area contributed by atoms with Crippen LogP contribution in [-0.4, -0.2) is 55.2 Å². The zero-order valence-electron chi connectivity index (χ0n) is 19.9. The Balaban J connectivity index is 1.34. The highest BCUT2D eigenvalue weighted by Gasteiger charge is 2.26. The van der Waals surface area contributed by atoms with E-state index in [1.807, 2.05) is 73.4 Å². The van der Waals surface area contributed by atoms with Crippen molar-refractivity contribution in [3.63, 3.8) is 0 Å². The van der Waals surface area contributed by atoms with E-state index in [0.717, 1.165) is 16.9 Å². The van der Waals surface area contributed by atoms with Gasteiger partial charge in [0.1, 0.15) is 17.6 Å². The summed E-state index contributed by atoms with van der Waals surface area (Å²) in [6.07, 6.45) is 3.61. The van der Waals surface area contributed by atoms with Crippen LogP contribution in [0.15, 0.2) is 52.9 Å². The van der Waals surface area contributed by atoms with Crippen molar-refractivity contribution in [1.82, 2.24) is 9.88 Å². The predicted molar refractivity (Wildman–Crippen MR) is 133 cm³/mol. The van der Waals surface area contributed by atoms with Gasteiger partial charge in [0.25, 0.3) is 5.91 Å². The van der Waals surface area contributed by atoms with E-state index in [1.165, 1.54) is 0 Å². The number of carbonyl (C=O) groups is 1. The predicted octanol–water partition coefficient (Wildman–Crippen LogP) is 4.15. The second-order valence-corrected chi connectivity index (χ2v) is 8.08. The molecule has 1 aliphatic rings. The molecule has 8 nitrogen and oxygen atoms in total. The number of carbonyl (C=O) groups excluding carboxylic acids is 1. The standard InChI is InChI=1S/C27H28N4O4/c1-3-33-22-11-8-21(9-12-22)10-13-25-29-23(18-28)27(35-25)31-16-14-30(15-17-31)26(32)19-34-24-7-5-4-6-20(24)2/h4-13H,3,14-17,19H2,1-2H3/b13-10+. The van der Waals surface area contributed by atoms with Gasteiger partial charge in [0.15, 0.2) is 6.61 Å². The lowest BCUT2D eigenvalue weighted by Crippen LogP contribution is -2.50. The van der Waals surface area contributed by atoms with E-state index in [4.69, 9.17) is 13.9 Å². The first-order valence-electron chi connectivity index (χ1n) is 11.6. The van der Waals surface area contributed by atoms with E-state index >= 15 is 0 Å². The van der Waals surface area contributed by atoms with Gasteiger partial charge >= 0.3 is 0 Å². The van der Waals surface area contributed by atoms with Crippen molar-refractivity contribution in [2.24, 2.45) is 0 Å². The number of ether oxygens (including phenoxy) is 2. The lowest BCUT2D eigenvalue weighted by molar-refractivity contribution is -0.133. The summed E-state index contributed by atoms with van der Waals surface area (Å²) < 4.78 is 17.0. The number of nitriles is 1. The molecule has 35 heavy (non-hydrogen) atoms. The molecule has 0 saturated carbocycles. The monoisotopic (exact) mass is 472 g/mol. The minimum absolute atomic E-state index is 0.00288. The number of amides is 1. The maximum absolute atomic E-state index is 12.6. The van der Waals surface area contributed by atoms with Crippen LogP contribution in [0.4, 0.5) is 5.88 Å². The van der Waals surface area contributed by atoms with Crippen LogP contribution in [0.1, 0.15) is 29.6 Å². The Morgan fingerprint density at radius 1 is 1.09 bits per heavy atom. The van der Waals surface area contributed by atoms with Gasteiger partial charge in [-0.15, -0.1) is 0 Å². The van der Waals surface area contributed by atoms with Crippen molar-refractivity contribution in [2.75, 3.05) is 44.3 Å². The molecule has 180 valence electrons. The fourth-order valence-electron chi connectivity index (χ4n) is 3.80. The molecular formula is C27H28N4O4. The third-order valence-corrected chi connectivity index (χ3v) is 5.71. The minimum Gasteiger partial charge on any atom is -0.494 e. The first-order valence-corrected chi connectivity index (χ1v) is 11.6. The van der Waals surface area contributed by atoms with Gasteiger partial charge in [0.2, 0.25) is 17.5 Å². The molecule has 2 aromatic carbocycles. The van der Waals surface area contributed by atoms with Crippen molar-refractivity contribution < 1.29 is 18.7 Å². The number of piperazine rings is 1. The lowest BCUT2D eigenvalue weighted by atomic mass is 10.2. The van der Waals surface area contributed by atoms with E-state index in [-0.39, 0.29) is 18.2 Å². The highest BCUT2D eigenvalue weighted by atomic mass is 16.5. The third kappa shape index (κ3) is 6.01. The van der Waals surface area contributed by atoms with Crippen molar-refractivity contribution in [1.29, 1.82) is 5.26 Å². The number of hydrogen-bond donors (Lipinski definition) is 0. The molecule has 1 aliphatic heterocycles. The summed E-state index contributed by atoms with van der Waals surface area (Å²) in [6, 6.07) is 17.4. The molecule has 0 N–H and O–H groups in total. The number of oxazole rings is 1. The average Bonchev–Trinajstić information content (AvgIpc) is 3.31. The van der Waals surface area contributed by atoms with Crippen LogP contribution in [0.25, 0.3) is 12.2 Å². The lowest BCUT2D eigenvalue weighted by Gasteiger charge is -2.34. The molecule has 0 bridgehead atoms. The molecule has 1 saturated heterocycles. The molecule has 0 aliphatic carbocycles. The van der Waals surface area contributed by atoms with Crippen LogP contribution in [0.3, 0.4) is 0 Å². The Labute approximate surface area is 205 Å². The smallest absolute Gasteiger partial charge is 0.260 e. The van der Waals surface area contributed by atoms with E-state index in [0.29, 0.717) is 50.3 Å². The SMILES string of the molecule is CCOc1ccc(/C=C/c2nc(C#N)c(N3CCN(C(=O)COc4ccccc4C)CC3)o2)cc1. The molecule has 8 heteroatoms. The maximum Gasteiger partial charge on any atom is 0.260 e. The number of aromatic nitrogens is 1. The molecule has 1 aromatic heterocycles. The number of para-hydroxylation sites is 1. The Kier molecular flexibility index (Phi) is 7.68. The molecule has 2 heterocycles. The Morgan fingerprint density at radius 2 is 1.83 bits per heavy atom. The van der Waals surface area contributed by atoms with Crippen LogP contribution in [0.5, 0.6) is 11.5 Å². The van der Waals surface area contributed by atoms with Crippen molar-refractivity contribution >= 4 is 23.9 Å². The van der Waals surface area contributed by atoms with Crippen LogP contribution in [0, 0.1) is 18.3 Å². The molecule has 0 atom stereocenters. The highest BCUT2D eigenvalue weighted by Crippen LogP contribution is 2.25. The zero-order valence-corrected chi connectivity index (χ0v) is 19.9. The number of hydrogen-bond acceptors (Lipinski definition) is 7. The number of rotatable bonds is 8. The van der Waals surface area contributed by atoms with Crippen LogP contribution >= 0.6 is 0 Å². The van der Waals surface area contributed by atoms with Gasteiger partial charge < -0.3 is 23.7 Å². The van der Waals surface area contributed by atoms with Crippen molar-refractivity contribution in [2.45, 2.75) is 13.8 Å². The highest BCUT2D eigenvalue weighted by molar-refractivity contribution is 5.78. The van der Waals surface area contributed by atoms with E-state index in [9.17, 15) is 10.1 Å². The zero-order chi connectivity index (χ0) is 24.6. The Hall–Kier alpha value is -4.25. The number of nitrogens with zero attached hydrogens (tertiary/aromatic N) is 4. The van der Waals surface area contributed by atoms with E-state index in [2.05, 4.69) is 11.1 Å². The molecule has 0 spiro atoms. The molecule has 0 radical (unpaired) electrons. The molecule has 3 aromatic rings. The van der Waals surface area contributed by atoms with E-state index < -0.39 is 0 Å². The van der Waals surface area contributed by atoms with Crippen molar-refractivity contribution in [3.8, 4) is 17.6 Å². The second-order valence-electron chi connectivity index (χ2n) is 8.08. The van der Waals surface area contributed by atoms with Gasteiger partial charge in [-0.3, -0.25) is 4.79 Å². The molecule has 1 amide bonds. The summed E-state index contributed by atoms with van der Waals surface area (Å²) >= 11 is 0. The summed E-state index contributed by atoms with van der Waals surface area (Å²) in [5.74, 6) is 2.25. The van der Waals surface area contributed by atoms with Gasteiger partial charge in [0.05, 0.1) is 6.61 Å². The van der Waals surface area contributed by atoms with Crippen molar-refractivity contribution in [3.05, 3.63) is 71.2 Å². The van der Waals surface area contributed by atoms with E-state index in [1.54, 1.807) is 11.0 Å². The fourth-order valence-corrected chi connectivity index (χ4v) is 3.80. The summed E-state index contributed by atoms with van der Waals surface area (Å²) in [5.41, 5.74) is 2.19. The summed E-state index contributed by atoms with van der Waals surface area (Å²) in [6.45, 7) is 6.62. The third-order valence-electron chi connectivity index (χ3n) is 5.71. The first-order chi connectivity index (χ1) is 17.1. The Morgan fingerprint density at radius 3 is 2.51 bits per heavy atom. The minimum atomic E-state index is -0.0649. The van der Waals surface area contributed by atoms with Crippen LogP contribution in [-0.2, 0) is 4.79 Å². The summed E-state index contributed by atoms with van der Waals surface area (Å²) in [7, 11) is 0. The Bertz CT molecular complexity index is 1220. The normalized spacial score (nSPS) is 13.6. The molecule has 4 rings (SSSR count). The number of benzene rings is 2. The second kappa shape index (κ2) is 11.3. The fraction of sp³-hybridized carbons (Fsp3) is 0.296. The van der Waals surface area contributed by atoms with Gasteiger partial charge in [0, 0.05) is 32.3 Å². The van der Waals surface area contributed by atoms with Gasteiger partial charge in [-0.2, -0.15) is 10.2 Å². The summed E-state index contributed by atoms with van der Waals surface area (Å²) in [4.78, 5) is 20.6. The van der Waals surface area contributed by atoms with Gasteiger partial charge in [-0.1, -0.05) is 30.3 Å². The first kappa shape index (κ1) is 23.9. The number of aryl methyl sites for hydroxylation is 1. The maximum atomic E-state index is 12.6. The van der Waals surface area contributed by atoms with Crippen LogP contribution < -0.4 is 14.4 Å². The summed E-state index contributed by atoms with van der Waals surface area (Å²) in [5, 5.41) is 9.55. The molecule has 1 fully saturated rings. The topological polar surface area (TPSA) is 91.8 Å².